The van der Waals surface area contributed by atoms with Gasteiger partial charge in [-0.1, -0.05) is 35.7 Å². The number of halogens is 1. The van der Waals surface area contributed by atoms with E-state index in [4.69, 9.17) is 0 Å². The normalized spacial score (nSPS) is 19.4. The summed E-state index contributed by atoms with van der Waals surface area (Å²) in [6.45, 7) is 3.08. The molecule has 0 amide bonds. The van der Waals surface area contributed by atoms with E-state index in [2.05, 4.69) is 15.9 Å². The molecule has 0 aliphatic heterocycles. The molecule has 1 rings (SSSR count). The van der Waals surface area contributed by atoms with Gasteiger partial charge in [-0.05, 0) is 12.8 Å². The molecule has 0 aromatic heterocycles. The number of rotatable bonds is 5. The number of nitrogens with zero attached hydrogens (tertiary/aromatic N) is 1. The predicted octanol–water partition coefficient (Wildman–Crippen LogP) is 1.98. The highest BCUT2D eigenvalue weighted by molar-refractivity contribution is 9.09. The van der Waals surface area contributed by atoms with Crippen LogP contribution >= 0.6 is 15.9 Å². The lowest BCUT2D eigenvalue weighted by atomic mass is 10.4. The van der Waals surface area contributed by atoms with Gasteiger partial charge in [0.2, 0.25) is 10.0 Å². The molecule has 1 saturated carbocycles. The molecule has 1 aliphatic carbocycles. The number of sulfonamides is 1. The van der Waals surface area contributed by atoms with Crippen molar-refractivity contribution >= 4 is 26.0 Å². The molecule has 0 bridgehead atoms. The van der Waals surface area contributed by atoms with Gasteiger partial charge in [-0.15, -0.1) is 0 Å². The van der Waals surface area contributed by atoms with Gasteiger partial charge in [-0.25, -0.2) is 12.7 Å². The quantitative estimate of drug-likeness (QED) is 0.724. The first kappa shape index (κ1) is 12.5. The van der Waals surface area contributed by atoms with Crippen LogP contribution in [0.15, 0.2) is 0 Å². The average Bonchev–Trinajstić information content (AvgIpc) is 2.66. The lowest BCUT2D eigenvalue weighted by Gasteiger charge is -2.23. The first-order valence-electron chi connectivity index (χ1n) is 5.17. The van der Waals surface area contributed by atoms with Crippen LogP contribution in [-0.2, 0) is 10.0 Å². The Hall–Kier alpha value is 0.390. The lowest BCUT2D eigenvalue weighted by molar-refractivity contribution is 0.438. The molecule has 0 aromatic carbocycles. The Morgan fingerprint density at radius 3 is 2.36 bits per heavy atom. The summed E-state index contributed by atoms with van der Waals surface area (Å²) in [6.07, 6.45) is 3.83. The molecule has 0 radical (unpaired) electrons. The second-order valence-corrected chi connectivity index (χ2v) is 6.64. The molecular formula is C9H18BrNO2S. The zero-order valence-electron chi connectivity index (χ0n) is 8.58. The van der Waals surface area contributed by atoms with Gasteiger partial charge < -0.3 is 0 Å². The molecule has 0 unspecified atom stereocenters. The molecule has 0 spiro atoms. The maximum Gasteiger partial charge on any atom is 0.216 e. The monoisotopic (exact) mass is 283 g/mol. The molecule has 14 heavy (non-hydrogen) atoms. The van der Waals surface area contributed by atoms with Crippen LogP contribution in [-0.4, -0.2) is 36.4 Å². The highest BCUT2D eigenvalue weighted by Gasteiger charge is 2.32. The van der Waals surface area contributed by atoms with Gasteiger partial charge in [0.05, 0.1) is 5.25 Å². The third-order valence-corrected chi connectivity index (χ3v) is 5.60. The van der Waals surface area contributed by atoms with Crippen LogP contribution in [0.2, 0.25) is 0 Å². The molecule has 0 aromatic rings. The van der Waals surface area contributed by atoms with Gasteiger partial charge in [0.25, 0.3) is 0 Å². The Morgan fingerprint density at radius 2 is 1.93 bits per heavy atom. The van der Waals surface area contributed by atoms with E-state index in [1.54, 1.807) is 4.31 Å². The predicted molar refractivity (Wildman–Crippen MR) is 62.2 cm³/mol. The first-order valence-corrected chi connectivity index (χ1v) is 7.80. The second kappa shape index (κ2) is 5.47. The molecule has 1 aliphatic rings. The fourth-order valence-electron chi connectivity index (χ4n) is 1.96. The maximum absolute atomic E-state index is 12.1. The first-order chi connectivity index (χ1) is 6.62. The Balaban J connectivity index is 2.70. The van der Waals surface area contributed by atoms with Crippen molar-refractivity contribution < 1.29 is 8.42 Å². The van der Waals surface area contributed by atoms with Crippen molar-refractivity contribution in [2.24, 2.45) is 0 Å². The van der Waals surface area contributed by atoms with Gasteiger partial charge >= 0.3 is 0 Å². The van der Waals surface area contributed by atoms with Crippen LogP contribution in [0.1, 0.15) is 32.6 Å². The van der Waals surface area contributed by atoms with Gasteiger partial charge in [0, 0.05) is 18.4 Å². The third kappa shape index (κ3) is 2.70. The van der Waals surface area contributed by atoms with Gasteiger partial charge in [-0.3, -0.25) is 0 Å². The highest BCUT2D eigenvalue weighted by atomic mass is 79.9. The van der Waals surface area contributed by atoms with Crippen LogP contribution in [0.5, 0.6) is 0 Å². The SMILES string of the molecule is CCN(CCBr)S(=O)(=O)C1CCCC1. The second-order valence-electron chi connectivity index (χ2n) is 3.63. The van der Waals surface area contributed by atoms with E-state index in [9.17, 15) is 8.42 Å². The van der Waals surface area contributed by atoms with Crippen molar-refractivity contribution in [3.63, 3.8) is 0 Å². The van der Waals surface area contributed by atoms with E-state index in [1.807, 2.05) is 6.92 Å². The summed E-state index contributed by atoms with van der Waals surface area (Å²) in [5.41, 5.74) is 0. The number of hydrogen-bond donors (Lipinski definition) is 0. The highest BCUT2D eigenvalue weighted by Crippen LogP contribution is 2.26. The molecular weight excluding hydrogens is 266 g/mol. The minimum Gasteiger partial charge on any atom is -0.212 e. The van der Waals surface area contributed by atoms with Gasteiger partial charge in [-0.2, -0.15) is 0 Å². The molecule has 3 nitrogen and oxygen atoms in total. The van der Waals surface area contributed by atoms with E-state index in [0.717, 1.165) is 25.7 Å². The number of hydrogen-bond acceptors (Lipinski definition) is 2. The number of alkyl halides is 1. The smallest absolute Gasteiger partial charge is 0.212 e. The molecule has 0 heterocycles. The van der Waals surface area contributed by atoms with Gasteiger partial charge in [0.1, 0.15) is 0 Å². The fourth-order valence-corrected chi connectivity index (χ4v) is 4.68. The summed E-state index contributed by atoms with van der Waals surface area (Å²) in [7, 11) is -3.01. The van der Waals surface area contributed by atoms with Crippen molar-refractivity contribution in [1.29, 1.82) is 0 Å². The van der Waals surface area contributed by atoms with E-state index >= 15 is 0 Å². The molecule has 0 atom stereocenters. The van der Waals surface area contributed by atoms with Crippen LogP contribution in [0.4, 0.5) is 0 Å². The summed E-state index contributed by atoms with van der Waals surface area (Å²) in [5, 5.41) is 0.605. The standard InChI is InChI=1S/C9H18BrNO2S/c1-2-11(8-7-10)14(12,13)9-5-3-4-6-9/h9H,2-8H2,1H3. The molecule has 1 fully saturated rings. The van der Waals surface area contributed by atoms with E-state index < -0.39 is 10.0 Å². The van der Waals surface area contributed by atoms with Gasteiger partial charge in [0.15, 0.2) is 0 Å². The third-order valence-electron chi connectivity index (χ3n) is 2.77. The summed E-state index contributed by atoms with van der Waals surface area (Å²) < 4.78 is 25.7. The van der Waals surface area contributed by atoms with Crippen molar-refractivity contribution in [2.45, 2.75) is 37.9 Å². The minimum atomic E-state index is -3.01. The van der Waals surface area contributed by atoms with Crippen molar-refractivity contribution in [3.8, 4) is 0 Å². The Kier molecular flexibility index (Phi) is 4.87. The largest absolute Gasteiger partial charge is 0.216 e. The van der Waals surface area contributed by atoms with Crippen LogP contribution in [0, 0.1) is 0 Å². The Labute approximate surface area is 95.0 Å². The summed E-state index contributed by atoms with van der Waals surface area (Å²) in [4.78, 5) is 0. The molecule has 0 N–H and O–H groups in total. The Morgan fingerprint density at radius 1 is 1.36 bits per heavy atom. The van der Waals surface area contributed by atoms with Crippen molar-refractivity contribution in [3.05, 3.63) is 0 Å². The van der Waals surface area contributed by atoms with Crippen molar-refractivity contribution in [1.82, 2.24) is 4.31 Å². The Bertz CT molecular complexity index is 260. The van der Waals surface area contributed by atoms with Crippen molar-refractivity contribution in [2.75, 3.05) is 18.4 Å². The molecule has 0 saturated heterocycles. The fraction of sp³-hybridized carbons (Fsp3) is 1.00. The zero-order valence-corrected chi connectivity index (χ0v) is 11.0. The molecule has 5 heteroatoms. The van der Waals surface area contributed by atoms with Crippen LogP contribution < -0.4 is 0 Å². The van der Waals surface area contributed by atoms with Crippen LogP contribution in [0.25, 0.3) is 0 Å². The van der Waals surface area contributed by atoms with E-state index in [0.29, 0.717) is 18.4 Å². The summed E-state index contributed by atoms with van der Waals surface area (Å²) in [5.74, 6) is 0. The van der Waals surface area contributed by atoms with E-state index in [-0.39, 0.29) is 5.25 Å². The minimum absolute atomic E-state index is 0.110. The topological polar surface area (TPSA) is 37.4 Å². The van der Waals surface area contributed by atoms with E-state index in [1.165, 1.54) is 0 Å². The summed E-state index contributed by atoms with van der Waals surface area (Å²) in [6, 6.07) is 0. The molecule has 84 valence electrons. The summed E-state index contributed by atoms with van der Waals surface area (Å²) >= 11 is 3.29. The average molecular weight is 284 g/mol. The van der Waals surface area contributed by atoms with Crippen LogP contribution in [0.3, 0.4) is 0 Å². The zero-order chi connectivity index (χ0) is 10.6. The lowest BCUT2D eigenvalue weighted by Crippen LogP contribution is -2.38. The maximum atomic E-state index is 12.1.